The summed E-state index contributed by atoms with van der Waals surface area (Å²) in [5.41, 5.74) is 0. The molecule has 58 valence electrons. The minimum Gasteiger partial charge on any atom is -1.00 e. The van der Waals surface area contributed by atoms with Gasteiger partial charge in [0.25, 0.3) is 10.1 Å². The molecular weight excluding hydrogens is 230 g/mol. The predicted molar refractivity (Wildman–Crippen MR) is 38.5 cm³/mol. The Labute approximate surface area is 160 Å². The van der Waals surface area contributed by atoms with Crippen molar-refractivity contribution in [3.8, 4) is 0 Å². The Balaban J connectivity index is -0.000000125. The average molecular weight is 238 g/mol. The van der Waals surface area contributed by atoms with Crippen molar-refractivity contribution in [3.63, 3.8) is 0 Å². The largest absolute Gasteiger partial charge is 1.00 e. The van der Waals surface area contributed by atoms with E-state index in [1.54, 1.807) is 18.2 Å². The molecule has 0 aromatic heterocycles. The second-order valence-corrected chi connectivity index (χ2v) is 3.21. The summed E-state index contributed by atoms with van der Waals surface area (Å²) in [6, 6.07) is 7.42. The molecule has 0 amide bonds. The van der Waals surface area contributed by atoms with Crippen LogP contribution in [0.1, 0.15) is 2.85 Å². The molecule has 1 aromatic carbocycles. The third-order valence-corrected chi connectivity index (χ3v) is 1.91. The van der Waals surface area contributed by atoms with E-state index < -0.39 is 10.1 Å². The summed E-state index contributed by atoms with van der Waals surface area (Å²) in [6.45, 7) is 0. The molecule has 0 atom stereocenters. The van der Waals surface area contributed by atoms with Crippen molar-refractivity contribution < 1.29 is 119 Å². The van der Waals surface area contributed by atoms with Crippen LogP contribution in [-0.2, 0) is 10.1 Å². The Morgan fingerprint density at radius 2 is 1.50 bits per heavy atom. The van der Waals surface area contributed by atoms with Gasteiger partial charge in [-0.1, -0.05) is 18.2 Å². The van der Waals surface area contributed by atoms with Crippen molar-refractivity contribution in [1.29, 1.82) is 0 Å². The van der Waals surface area contributed by atoms with Crippen LogP contribution in [0.15, 0.2) is 35.2 Å². The van der Waals surface area contributed by atoms with Gasteiger partial charge in [-0.2, -0.15) is 8.42 Å². The second-order valence-electron chi connectivity index (χ2n) is 1.79. The molecule has 0 unspecified atom stereocenters. The third kappa shape index (κ3) is 5.99. The van der Waals surface area contributed by atoms with Gasteiger partial charge in [-0.15, -0.1) is 0 Å². The van der Waals surface area contributed by atoms with Gasteiger partial charge in [0.2, 0.25) is 0 Å². The molecule has 3 nitrogen and oxygen atoms in total. The maximum atomic E-state index is 10.4. The standard InChI is InChI=1S/C6H6O3S.2K.2H/c7-10(8,9)6-4-2-1-3-5-6;;;;/h1-5H,(H,7,8,9);;;;/q;2*+1;2*-1. The Morgan fingerprint density at radius 3 is 1.75 bits per heavy atom. The molecule has 6 heteroatoms. The molecule has 0 bridgehead atoms. The number of rotatable bonds is 1. The number of hydrogen-bond donors (Lipinski definition) is 1. The fourth-order valence-corrected chi connectivity index (χ4v) is 1.09. The minimum absolute atomic E-state index is 0. The van der Waals surface area contributed by atoms with Crippen molar-refractivity contribution in [2.24, 2.45) is 0 Å². The van der Waals surface area contributed by atoms with Gasteiger partial charge in [0.15, 0.2) is 0 Å². The first-order valence-electron chi connectivity index (χ1n) is 2.63. The Hall–Kier alpha value is 2.40. The van der Waals surface area contributed by atoms with Crippen molar-refractivity contribution >= 4 is 10.1 Å². The summed E-state index contributed by atoms with van der Waals surface area (Å²) in [5, 5.41) is 0. The zero-order valence-corrected chi connectivity index (χ0v) is 14.1. The summed E-state index contributed by atoms with van der Waals surface area (Å²) in [6.07, 6.45) is 0. The van der Waals surface area contributed by atoms with Gasteiger partial charge < -0.3 is 2.85 Å². The molecule has 0 radical (unpaired) electrons. The van der Waals surface area contributed by atoms with E-state index in [1.807, 2.05) is 0 Å². The van der Waals surface area contributed by atoms with Crippen LogP contribution < -0.4 is 103 Å². The maximum Gasteiger partial charge on any atom is 1.00 e. The number of benzene rings is 1. The van der Waals surface area contributed by atoms with Gasteiger partial charge in [-0.05, 0) is 12.1 Å². The number of hydrogen-bond acceptors (Lipinski definition) is 2. The molecule has 0 aliphatic carbocycles. The van der Waals surface area contributed by atoms with E-state index in [1.165, 1.54) is 12.1 Å². The van der Waals surface area contributed by atoms with Crippen molar-refractivity contribution in [2.75, 3.05) is 0 Å². The zero-order valence-electron chi connectivity index (χ0n) is 9.06. The van der Waals surface area contributed by atoms with Crippen LogP contribution in [0.4, 0.5) is 0 Å². The van der Waals surface area contributed by atoms with Crippen LogP contribution in [0, 0.1) is 0 Å². The molecule has 0 saturated heterocycles. The van der Waals surface area contributed by atoms with Crippen LogP contribution in [-0.4, -0.2) is 13.0 Å². The summed E-state index contributed by atoms with van der Waals surface area (Å²) in [5.74, 6) is 0. The fourth-order valence-electron chi connectivity index (χ4n) is 0.592. The van der Waals surface area contributed by atoms with E-state index >= 15 is 0 Å². The van der Waals surface area contributed by atoms with Gasteiger partial charge in [0.05, 0.1) is 4.90 Å². The van der Waals surface area contributed by atoms with Gasteiger partial charge in [-0.25, -0.2) is 0 Å². The van der Waals surface area contributed by atoms with Gasteiger partial charge >= 0.3 is 103 Å². The Kier molecular flexibility index (Phi) is 10.7. The summed E-state index contributed by atoms with van der Waals surface area (Å²) in [7, 11) is -4.00. The van der Waals surface area contributed by atoms with E-state index in [9.17, 15) is 8.42 Å². The van der Waals surface area contributed by atoms with Crippen molar-refractivity contribution in [3.05, 3.63) is 30.3 Å². The molecule has 0 saturated carbocycles. The minimum atomic E-state index is -4.00. The first-order chi connectivity index (χ1) is 4.61. The molecule has 12 heavy (non-hydrogen) atoms. The van der Waals surface area contributed by atoms with Crippen LogP contribution in [0.3, 0.4) is 0 Å². The zero-order chi connectivity index (χ0) is 7.61. The molecule has 0 fully saturated rings. The molecule has 1 aromatic rings. The normalized spacial score (nSPS) is 9.42. The third-order valence-electron chi connectivity index (χ3n) is 1.04. The van der Waals surface area contributed by atoms with Crippen LogP contribution in [0.5, 0.6) is 0 Å². The van der Waals surface area contributed by atoms with Gasteiger partial charge in [0, 0.05) is 0 Å². The molecule has 0 heterocycles. The van der Waals surface area contributed by atoms with E-state index in [0.29, 0.717) is 0 Å². The van der Waals surface area contributed by atoms with E-state index in [0.717, 1.165) is 0 Å². The predicted octanol–water partition coefficient (Wildman–Crippen LogP) is -4.83. The van der Waals surface area contributed by atoms with Crippen molar-refractivity contribution in [1.82, 2.24) is 0 Å². The Morgan fingerprint density at radius 1 is 1.08 bits per heavy atom. The summed E-state index contributed by atoms with van der Waals surface area (Å²) in [4.78, 5) is -0.0741. The fraction of sp³-hybridized carbons (Fsp3) is 0. The smallest absolute Gasteiger partial charge is 1.00 e. The van der Waals surface area contributed by atoms with Crippen molar-refractivity contribution in [2.45, 2.75) is 4.90 Å². The SMILES string of the molecule is O=S(=O)(O)c1ccccc1.[H-].[H-].[K+].[K+]. The van der Waals surface area contributed by atoms with E-state index in [2.05, 4.69) is 0 Å². The average Bonchev–Trinajstić information content (AvgIpc) is 1.88. The van der Waals surface area contributed by atoms with Crippen LogP contribution >= 0.6 is 0 Å². The van der Waals surface area contributed by atoms with Gasteiger partial charge in [0.1, 0.15) is 0 Å². The van der Waals surface area contributed by atoms with E-state index in [-0.39, 0.29) is 111 Å². The summed E-state index contributed by atoms with van der Waals surface area (Å²) >= 11 is 0. The molecular formula is C6H8K2O3S. The first-order valence-corrected chi connectivity index (χ1v) is 4.07. The monoisotopic (exact) mass is 238 g/mol. The van der Waals surface area contributed by atoms with Crippen LogP contribution in [0.2, 0.25) is 0 Å². The molecule has 1 rings (SSSR count). The molecule has 0 aliphatic rings. The molecule has 0 spiro atoms. The van der Waals surface area contributed by atoms with Crippen LogP contribution in [0.25, 0.3) is 0 Å². The molecule has 1 N–H and O–H groups in total. The van der Waals surface area contributed by atoms with Gasteiger partial charge in [-0.3, -0.25) is 4.55 Å². The first kappa shape index (κ1) is 16.8. The van der Waals surface area contributed by atoms with E-state index in [4.69, 9.17) is 4.55 Å². The second kappa shape index (κ2) is 7.66. The maximum absolute atomic E-state index is 10.4. The summed E-state index contributed by atoms with van der Waals surface area (Å²) < 4.78 is 29.2. The quantitative estimate of drug-likeness (QED) is 0.394. The Bertz CT molecular complexity index is 317. The molecule has 0 aliphatic heterocycles. The topological polar surface area (TPSA) is 54.4 Å².